The standard InChI is InChI=1S/C11H12F3NOS2/c1-18-8-4-2-7(3-5-8)16-6-9(10(15)17)11(12,13)14/h2-5,9H,6H2,1H3,(H2,15,17). The second kappa shape index (κ2) is 6.29. The van der Waals surface area contributed by atoms with E-state index in [1.807, 2.05) is 6.26 Å². The molecule has 18 heavy (non-hydrogen) atoms. The van der Waals surface area contributed by atoms with E-state index in [0.717, 1.165) is 4.90 Å². The molecule has 100 valence electrons. The van der Waals surface area contributed by atoms with Gasteiger partial charge >= 0.3 is 6.18 Å². The fourth-order valence-corrected chi connectivity index (χ4v) is 1.80. The average molecular weight is 295 g/mol. The van der Waals surface area contributed by atoms with Gasteiger partial charge in [0.05, 0.1) is 4.99 Å². The van der Waals surface area contributed by atoms with Crippen LogP contribution in [0.25, 0.3) is 0 Å². The second-order valence-corrected chi connectivity index (χ2v) is 4.83. The normalized spacial score (nSPS) is 13.1. The van der Waals surface area contributed by atoms with Crippen LogP contribution in [0, 0.1) is 5.92 Å². The van der Waals surface area contributed by atoms with Gasteiger partial charge in [-0.2, -0.15) is 13.2 Å². The topological polar surface area (TPSA) is 35.2 Å². The van der Waals surface area contributed by atoms with Crippen LogP contribution >= 0.6 is 24.0 Å². The fraction of sp³-hybridized carbons (Fsp3) is 0.364. The molecular weight excluding hydrogens is 283 g/mol. The van der Waals surface area contributed by atoms with Crippen LogP contribution in [0.1, 0.15) is 0 Å². The zero-order valence-electron chi connectivity index (χ0n) is 9.53. The van der Waals surface area contributed by atoms with Crippen molar-refractivity contribution in [2.45, 2.75) is 11.1 Å². The molecule has 1 rings (SSSR count). The molecule has 0 bridgehead atoms. The zero-order chi connectivity index (χ0) is 13.8. The molecule has 0 fully saturated rings. The smallest absolute Gasteiger partial charge is 0.401 e. The van der Waals surface area contributed by atoms with Gasteiger partial charge in [-0.05, 0) is 30.5 Å². The van der Waals surface area contributed by atoms with E-state index in [0.29, 0.717) is 5.75 Å². The average Bonchev–Trinajstić information content (AvgIpc) is 2.28. The van der Waals surface area contributed by atoms with Crippen LogP contribution in [0.4, 0.5) is 13.2 Å². The minimum absolute atomic E-state index is 0.360. The second-order valence-electron chi connectivity index (χ2n) is 3.48. The SMILES string of the molecule is CSc1ccc(OCC(C(N)=S)C(F)(F)F)cc1. The van der Waals surface area contributed by atoms with Gasteiger partial charge < -0.3 is 10.5 Å². The van der Waals surface area contributed by atoms with Crippen molar-refractivity contribution in [1.82, 2.24) is 0 Å². The van der Waals surface area contributed by atoms with Crippen LogP contribution in [0.3, 0.4) is 0 Å². The van der Waals surface area contributed by atoms with E-state index >= 15 is 0 Å². The summed E-state index contributed by atoms with van der Waals surface area (Å²) >= 11 is 5.93. The molecule has 2 N–H and O–H groups in total. The van der Waals surface area contributed by atoms with Gasteiger partial charge in [-0.3, -0.25) is 0 Å². The number of rotatable bonds is 5. The summed E-state index contributed by atoms with van der Waals surface area (Å²) in [5.41, 5.74) is 5.06. The summed E-state index contributed by atoms with van der Waals surface area (Å²) in [7, 11) is 0. The van der Waals surface area contributed by atoms with Gasteiger partial charge in [0, 0.05) is 4.90 Å². The molecule has 7 heteroatoms. The van der Waals surface area contributed by atoms with Crippen molar-refractivity contribution < 1.29 is 17.9 Å². The van der Waals surface area contributed by atoms with E-state index in [-0.39, 0.29) is 0 Å². The Kier molecular flexibility index (Phi) is 5.28. The number of ether oxygens (including phenoxy) is 1. The Bertz CT molecular complexity index is 406. The maximum Gasteiger partial charge on any atom is 0.401 e. The number of alkyl halides is 3. The Morgan fingerprint density at radius 3 is 2.33 bits per heavy atom. The maximum atomic E-state index is 12.5. The van der Waals surface area contributed by atoms with Crippen molar-refractivity contribution in [3.8, 4) is 5.75 Å². The number of nitrogens with two attached hydrogens (primary N) is 1. The molecule has 2 nitrogen and oxygen atoms in total. The third kappa shape index (κ3) is 4.38. The summed E-state index contributed by atoms with van der Waals surface area (Å²) in [5.74, 6) is -1.56. The molecular formula is C11H12F3NOS2. The molecule has 0 spiro atoms. The number of hydrogen-bond acceptors (Lipinski definition) is 3. The van der Waals surface area contributed by atoms with Crippen LogP contribution < -0.4 is 10.5 Å². The van der Waals surface area contributed by atoms with E-state index in [1.54, 1.807) is 24.3 Å². The lowest BCUT2D eigenvalue weighted by Crippen LogP contribution is -2.38. The molecule has 0 aromatic heterocycles. The molecule has 0 radical (unpaired) electrons. The van der Waals surface area contributed by atoms with Gasteiger partial charge in [0.25, 0.3) is 0 Å². The molecule has 0 heterocycles. The molecule has 1 aromatic carbocycles. The van der Waals surface area contributed by atoms with Crippen molar-refractivity contribution >= 4 is 29.0 Å². The molecule has 1 atom stereocenters. The molecule has 0 aliphatic rings. The Hall–Kier alpha value is -0.950. The van der Waals surface area contributed by atoms with Gasteiger partial charge in [0.1, 0.15) is 18.3 Å². The van der Waals surface area contributed by atoms with Crippen LogP contribution in [-0.4, -0.2) is 24.0 Å². The highest BCUT2D eigenvalue weighted by Gasteiger charge is 2.42. The quantitative estimate of drug-likeness (QED) is 0.668. The molecule has 1 aromatic rings. The number of thiocarbonyl (C=S) groups is 1. The lowest BCUT2D eigenvalue weighted by atomic mass is 10.1. The van der Waals surface area contributed by atoms with Gasteiger partial charge in [-0.1, -0.05) is 12.2 Å². The van der Waals surface area contributed by atoms with Gasteiger partial charge in [-0.15, -0.1) is 11.8 Å². The van der Waals surface area contributed by atoms with Crippen molar-refractivity contribution in [3.05, 3.63) is 24.3 Å². The predicted octanol–water partition coefficient (Wildman–Crippen LogP) is 3.25. The van der Waals surface area contributed by atoms with E-state index < -0.39 is 23.7 Å². The Morgan fingerprint density at radius 1 is 1.39 bits per heavy atom. The highest BCUT2D eigenvalue weighted by atomic mass is 32.2. The fourth-order valence-electron chi connectivity index (χ4n) is 1.19. The largest absolute Gasteiger partial charge is 0.493 e. The van der Waals surface area contributed by atoms with E-state index in [9.17, 15) is 13.2 Å². The first-order chi connectivity index (χ1) is 8.34. The molecule has 0 aliphatic carbocycles. The van der Waals surface area contributed by atoms with Gasteiger partial charge in [0.2, 0.25) is 0 Å². The predicted molar refractivity (Wildman–Crippen MR) is 70.0 cm³/mol. The highest BCUT2D eigenvalue weighted by Crippen LogP contribution is 2.27. The lowest BCUT2D eigenvalue weighted by Gasteiger charge is -2.19. The minimum atomic E-state index is -4.48. The van der Waals surface area contributed by atoms with Crippen molar-refractivity contribution in [3.63, 3.8) is 0 Å². The summed E-state index contributed by atoms with van der Waals surface area (Å²) in [5, 5.41) is 0. The summed E-state index contributed by atoms with van der Waals surface area (Å²) in [6, 6.07) is 6.75. The zero-order valence-corrected chi connectivity index (χ0v) is 11.2. The summed E-state index contributed by atoms with van der Waals surface area (Å²) in [4.78, 5) is 0.396. The highest BCUT2D eigenvalue weighted by molar-refractivity contribution is 7.98. The maximum absolute atomic E-state index is 12.5. The van der Waals surface area contributed by atoms with Crippen LogP contribution in [-0.2, 0) is 0 Å². The van der Waals surface area contributed by atoms with Gasteiger partial charge in [-0.25, -0.2) is 0 Å². The molecule has 0 amide bonds. The van der Waals surface area contributed by atoms with Crippen molar-refractivity contribution in [1.29, 1.82) is 0 Å². The third-order valence-electron chi connectivity index (χ3n) is 2.21. The van der Waals surface area contributed by atoms with Crippen LogP contribution in [0.5, 0.6) is 5.75 Å². The first kappa shape index (κ1) is 15.1. The first-order valence-corrected chi connectivity index (χ1v) is 6.60. The molecule has 0 saturated carbocycles. The lowest BCUT2D eigenvalue weighted by molar-refractivity contribution is -0.161. The molecule has 0 aliphatic heterocycles. The number of hydrogen-bond donors (Lipinski definition) is 1. The Morgan fingerprint density at radius 2 is 1.94 bits per heavy atom. The third-order valence-corrected chi connectivity index (χ3v) is 3.24. The Labute approximate surface area is 113 Å². The van der Waals surface area contributed by atoms with Gasteiger partial charge in [0.15, 0.2) is 0 Å². The monoisotopic (exact) mass is 295 g/mol. The minimum Gasteiger partial charge on any atom is -0.493 e. The molecule has 1 unspecified atom stereocenters. The summed E-state index contributed by atoms with van der Waals surface area (Å²) < 4.78 is 42.7. The van der Waals surface area contributed by atoms with Crippen LogP contribution in [0.2, 0.25) is 0 Å². The summed E-state index contributed by atoms with van der Waals surface area (Å²) in [6.45, 7) is -0.600. The van der Waals surface area contributed by atoms with Crippen molar-refractivity contribution in [2.24, 2.45) is 11.7 Å². The van der Waals surface area contributed by atoms with Crippen LogP contribution in [0.15, 0.2) is 29.2 Å². The first-order valence-electron chi connectivity index (χ1n) is 4.97. The summed E-state index contributed by atoms with van der Waals surface area (Å²) in [6.07, 6.45) is -2.58. The van der Waals surface area contributed by atoms with Crippen molar-refractivity contribution in [2.75, 3.05) is 12.9 Å². The van der Waals surface area contributed by atoms with E-state index in [2.05, 4.69) is 12.2 Å². The number of halogens is 3. The van der Waals surface area contributed by atoms with E-state index in [1.165, 1.54) is 11.8 Å². The van der Waals surface area contributed by atoms with E-state index in [4.69, 9.17) is 10.5 Å². The Balaban J connectivity index is 2.64. The number of benzene rings is 1. The number of thioether (sulfide) groups is 1. The molecule has 0 saturated heterocycles.